The van der Waals surface area contributed by atoms with Crippen LogP contribution >= 0.6 is 0 Å². The second-order valence-corrected chi connectivity index (χ2v) is 4.56. The molecule has 0 bridgehead atoms. The molecule has 1 aromatic rings. The third-order valence-corrected chi connectivity index (χ3v) is 2.80. The number of ether oxygens (including phenoxy) is 1. The summed E-state index contributed by atoms with van der Waals surface area (Å²) in [6.07, 6.45) is -0.193. The summed E-state index contributed by atoms with van der Waals surface area (Å²) >= 11 is 0. The molecule has 19 heavy (non-hydrogen) atoms. The zero-order valence-electron chi connectivity index (χ0n) is 12.2. The monoisotopic (exact) mass is 269 g/mol. The predicted octanol–water partition coefficient (Wildman–Crippen LogP) is 2.45. The van der Waals surface area contributed by atoms with Gasteiger partial charge in [-0.25, -0.2) is 9.37 Å². The van der Waals surface area contributed by atoms with Gasteiger partial charge < -0.3 is 10.1 Å². The number of hydrogen-bond donors (Lipinski definition) is 1. The summed E-state index contributed by atoms with van der Waals surface area (Å²) < 4.78 is 18.7. The summed E-state index contributed by atoms with van der Waals surface area (Å²) in [5.74, 6) is 1.50. The number of aromatic nitrogens is 2. The van der Waals surface area contributed by atoms with E-state index >= 15 is 0 Å². The highest BCUT2D eigenvalue weighted by Gasteiger charge is 2.21. The van der Waals surface area contributed by atoms with Crippen LogP contribution in [0.3, 0.4) is 0 Å². The minimum atomic E-state index is -0.758. The lowest BCUT2D eigenvalue weighted by molar-refractivity contribution is 0.156. The highest BCUT2D eigenvalue weighted by Crippen LogP contribution is 2.16. The van der Waals surface area contributed by atoms with E-state index < -0.39 is 6.17 Å². The molecule has 2 atom stereocenters. The molecule has 1 N–H and O–H groups in total. The Kier molecular flexibility index (Phi) is 6.70. The Bertz CT molecular complexity index is 367. The average molecular weight is 269 g/mol. The third-order valence-electron chi connectivity index (χ3n) is 2.80. The smallest absolute Gasteiger partial charge is 0.216 e. The number of rotatable bonds is 3. The van der Waals surface area contributed by atoms with Crippen LogP contribution in [0, 0.1) is 19.8 Å². The van der Waals surface area contributed by atoms with Crippen LogP contribution in [0.1, 0.15) is 31.8 Å². The van der Waals surface area contributed by atoms with Gasteiger partial charge in [0, 0.05) is 30.8 Å². The first-order valence-corrected chi connectivity index (χ1v) is 6.93. The first-order valence-electron chi connectivity index (χ1n) is 6.93. The van der Waals surface area contributed by atoms with Gasteiger partial charge in [-0.05, 0) is 20.3 Å². The molecule has 0 aromatic carbocycles. The fourth-order valence-corrected chi connectivity index (χ4v) is 2.06. The molecule has 2 unspecified atom stereocenters. The van der Waals surface area contributed by atoms with Crippen LogP contribution in [-0.4, -0.2) is 35.8 Å². The van der Waals surface area contributed by atoms with Crippen molar-refractivity contribution in [2.75, 3.05) is 19.7 Å². The number of piperidine rings is 1. The minimum absolute atomic E-state index is 0.217. The molecule has 1 saturated heterocycles. The summed E-state index contributed by atoms with van der Waals surface area (Å²) in [6.45, 7) is 9.51. The van der Waals surface area contributed by atoms with Gasteiger partial charge in [0.2, 0.25) is 5.88 Å². The van der Waals surface area contributed by atoms with Crippen LogP contribution in [0.2, 0.25) is 0 Å². The second-order valence-electron chi connectivity index (χ2n) is 4.56. The molecule has 1 fully saturated rings. The molecular formula is C14H24FN3O. The Hall–Kier alpha value is -1.23. The van der Waals surface area contributed by atoms with Crippen LogP contribution in [0.4, 0.5) is 4.39 Å². The molecule has 0 saturated carbocycles. The van der Waals surface area contributed by atoms with E-state index in [-0.39, 0.29) is 5.92 Å². The predicted molar refractivity (Wildman–Crippen MR) is 74.2 cm³/mol. The van der Waals surface area contributed by atoms with Gasteiger partial charge in [-0.2, -0.15) is 4.98 Å². The Labute approximate surface area is 114 Å². The van der Waals surface area contributed by atoms with E-state index in [2.05, 4.69) is 15.3 Å². The highest BCUT2D eigenvalue weighted by molar-refractivity contribution is 5.14. The van der Waals surface area contributed by atoms with Crippen molar-refractivity contribution in [3.8, 4) is 5.88 Å². The number of hydrogen-bond acceptors (Lipinski definition) is 4. The molecule has 108 valence electrons. The van der Waals surface area contributed by atoms with E-state index in [4.69, 9.17) is 4.74 Å². The minimum Gasteiger partial charge on any atom is -0.477 e. The molecule has 0 spiro atoms. The molecule has 4 nitrogen and oxygen atoms in total. The number of nitrogens with zero attached hydrogens (tertiary/aromatic N) is 2. The van der Waals surface area contributed by atoms with Gasteiger partial charge in [0.1, 0.15) is 12.0 Å². The zero-order valence-corrected chi connectivity index (χ0v) is 12.2. The van der Waals surface area contributed by atoms with Crippen molar-refractivity contribution < 1.29 is 9.13 Å². The lowest BCUT2D eigenvalue weighted by Gasteiger charge is -2.25. The molecule has 0 aliphatic carbocycles. The maximum absolute atomic E-state index is 13.1. The normalized spacial score (nSPS) is 22.4. The Morgan fingerprint density at radius 2 is 2.05 bits per heavy atom. The quantitative estimate of drug-likeness (QED) is 0.915. The van der Waals surface area contributed by atoms with Gasteiger partial charge in [-0.15, -0.1) is 0 Å². The number of alkyl halides is 1. The van der Waals surface area contributed by atoms with Crippen LogP contribution in [0.15, 0.2) is 6.07 Å². The van der Waals surface area contributed by atoms with Gasteiger partial charge in [-0.3, -0.25) is 0 Å². The first kappa shape index (κ1) is 15.8. The second kappa shape index (κ2) is 8.04. The standard InChI is InChI=1S/C12H18FN3O.C2H6/c1-8-3-12(16-9(2)15-8)17-7-10-4-11(13)6-14-5-10;1-2/h3,10-11,14H,4-7H2,1-2H3;1-2H3. The Morgan fingerprint density at radius 1 is 1.32 bits per heavy atom. The fourth-order valence-electron chi connectivity index (χ4n) is 2.06. The van der Waals surface area contributed by atoms with Crippen molar-refractivity contribution in [1.29, 1.82) is 0 Å². The van der Waals surface area contributed by atoms with Crippen LogP contribution < -0.4 is 10.1 Å². The number of aryl methyl sites for hydroxylation is 2. The SMILES string of the molecule is CC.Cc1cc(OCC2CNCC(F)C2)nc(C)n1. The molecule has 2 heterocycles. The van der Waals surface area contributed by atoms with E-state index in [1.54, 1.807) is 6.07 Å². The van der Waals surface area contributed by atoms with E-state index in [1.165, 1.54) is 0 Å². The molecule has 0 radical (unpaired) electrons. The molecule has 1 aliphatic rings. The van der Waals surface area contributed by atoms with Gasteiger partial charge in [0.05, 0.1) is 6.61 Å². The number of nitrogens with one attached hydrogen (secondary N) is 1. The fraction of sp³-hybridized carbons (Fsp3) is 0.714. The van der Waals surface area contributed by atoms with Crippen molar-refractivity contribution in [2.45, 2.75) is 40.3 Å². The lowest BCUT2D eigenvalue weighted by Crippen LogP contribution is -2.39. The number of halogens is 1. The maximum Gasteiger partial charge on any atom is 0.216 e. The molecule has 2 rings (SSSR count). The van der Waals surface area contributed by atoms with Crippen molar-refractivity contribution in [2.24, 2.45) is 5.92 Å². The van der Waals surface area contributed by atoms with Crippen LogP contribution in [0.25, 0.3) is 0 Å². The van der Waals surface area contributed by atoms with Crippen molar-refractivity contribution in [3.05, 3.63) is 17.6 Å². The zero-order chi connectivity index (χ0) is 14.3. The molecule has 1 aromatic heterocycles. The molecule has 1 aliphatic heterocycles. The van der Waals surface area contributed by atoms with Gasteiger partial charge in [0.15, 0.2) is 0 Å². The van der Waals surface area contributed by atoms with E-state index in [0.29, 0.717) is 31.3 Å². The van der Waals surface area contributed by atoms with Gasteiger partial charge >= 0.3 is 0 Å². The average Bonchev–Trinajstić information content (AvgIpc) is 2.38. The molecule has 0 amide bonds. The lowest BCUT2D eigenvalue weighted by atomic mass is 9.99. The van der Waals surface area contributed by atoms with Gasteiger partial charge in [0.25, 0.3) is 0 Å². The first-order chi connectivity index (χ1) is 9.13. The van der Waals surface area contributed by atoms with Crippen LogP contribution in [-0.2, 0) is 0 Å². The summed E-state index contributed by atoms with van der Waals surface area (Å²) in [6, 6.07) is 1.80. The Balaban J connectivity index is 0.000000861. The third kappa shape index (κ3) is 5.51. The van der Waals surface area contributed by atoms with E-state index in [1.807, 2.05) is 27.7 Å². The van der Waals surface area contributed by atoms with Crippen molar-refractivity contribution in [1.82, 2.24) is 15.3 Å². The maximum atomic E-state index is 13.1. The van der Waals surface area contributed by atoms with Crippen molar-refractivity contribution in [3.63, 3.8) is 0 Å². The van der Waals surface area contributed by atoms with E-state index in [9.17, 15) is 4.39 Å². The summed E-state index contributed by atoms with van der Waals surface area (Å²) in [4.78, 5) is 8.37. The van der Waals surface area contributed by atoms with E-state index in [0.717, 1.165) is 12.2 Å². The summed E-state index contributed by atoms with van der Waals surface area (Å²) in [7, 11) is 0. The molecular weight excluding hydrogens is 245 g/mol. The summed E-state index contributed by atoms with van der Waals surface area (Å²) in [5, 5.41) is 3.06. The highest BCUT2D eigenvalue weighted by atomic mass is 19.1. The molecule has 5 heteroatoms. The van der Waals surface area contributed by atoms with Gasteiger partial charge in [-0.1, -0.05) is 13.8 Å². The van der Waals surface area contributed by atoms with Crippen LogP contribution in [0.5, 0.6) is 5.88 Å². The Morgan fingerprint density at radius 3 is 2.68 bits per heavy atom. The van der Waals surface area contributed by atoms with Crippen molar-refractivity contribution >= 4 is 0 Å². The summed E-state index contributed by atoms with van der Waals surface area (Å²) in [5.41, 5.74) is 0.887. The largest absolute Gasteiger partial charge is 0.477 e. The topological polar surface area (TPSA) is 47.0 Å².